The fourth-order valence-corrected chi connectivity index (χ4v) is 2.95. The molecule has 1 heterocycles. The number of hydrogen-bond acceptors (Lipinski definition) is 4. The summed E-state index contributed by atoms with van der Waals surface area (Å²) in [5.74, 6) is 0.678. The van der Waals surface area contributed by atoms with Gasteiger partial charge in [-0.15, -0.1) is 0 Å². The number of sulfonamides is 1. The van der Waals surface area contributed by atoms with Gasteiger partial charge in [-0.3, -0.25) is 0 Å². The first kappa shape index (κ1) is 18.3. The van der Waals surface area contributed by atoms with Crippen molar-refractivity contribution < 1.29 is 17.2 Å². The lowest BCUT2D eigenvalue weighted by Gasteiger charge is -2.12. The molecular weight excluding hydrogens is 355 g/mol. The number of benzene rings is 2. The Bertz CT molecular complexity index is 1030. The Hall–Kier alpha value is -2.51. The Labute approximate surface area is 151 Å². The molecule has 3 rings (SSSR count). The predicted octanol–water partition coefficient (Wildman–Crippen LogP) is 4.09. The van der Waals surface area contributed by atoms with Crippen LogP contribution in [0.25, 0.3) is 22.6 Å². The van der Waals surface area contributed by atoms with Gasteiger partial charge in [0.15, 0.2) is 5.76 Å². The van der Waals surface area contributed by atoms with Crippen LogP contribution in [-0.4, -0.2) is 13.4 Å². The van der Waals surface area contributed by atoms with Crippen LogP contribution in [0.1, 0.15) is 26.7 Å². The van der Waals surface area contributed by atoms with E-state index >= 15 is 0 Å². The molecule has 1 aromatic heterocycles. The molecule has 0 radical (unpaired) electrons. The molecule has 136 valence electrons. The number of hydrogen-bond donors (Lipinski definition) is 1. The number of rotatable bonds is 3. The Morgan fingerprint density at radius 2 is 1.50 bits per heavy atom. The predicted molar refractivity (Wildman–Crippen MR) is 97.4 cm³/mol. The van der Waals surface area contributed by atoms with Crippen molar-refractivity contribution in [3.63, 3.8) is 0 Å². The van der Waals surface area contributed by atoms with Crippen LogP contribution >= 0.6 is 0 Å². The maximum atomic E-state index is 13.3. The number of primary sulfonamides is 1. The second-order valence-electron chi connectivity index (χ2n) is 7.02. The van der Waals surface area contributed by atoms with Crippen molar-refractivity contribution in [2.75, 3.05) is 0 Å². The second-order valence-corrected chi connectivity index (χ2v) is 8.58. The number of nitrogens with zero attached hydrogens (tertiary/aromatic N) is 1. The normalized spacial score (nSPS) is 12.3. The summed E-state index contributed by atoms with van der Waals surface area (Å²) in [6.07, 6.45) is 0. The van der Waals surface area contributed by atoms with Crippen molar-refractivity contribution in [2.45, 2.75) is 31.1 Å². The molecule has 3 aromatic rings. The van der Waals surface area contributed by atoms with Gasteiger partial charge in [0.1, 0.15) is 11.5 Å². The lowest BCUT2D eigenvalue weighted by Crippen LogP contribution is -2.11. The van der Waals surface area contributed by atoms with Gasteiger partial charge in [-0.1, -0.05) is 20.8 Å². The standard InChI is InChI=1S/C19H19FN2O3S/c1-19(2,3)18-22-16(12-4-8-14(20)9-5-12)17(25-18)13-6-10-15(11-7-13)26(21,23)24/h4-11H,1-3H3,(H2,21,23,24). The van der Waals surface area contributed by atoms with Crippen molar-refractivity contribution in [2.24, 2.45) is 5.14 Å². The van der Waals surface area contributed by atoms with E-state index in [0.717, 1.165) is 0 Å². The monoisotopic (exact) mass is 374 g/mol. The van der Waals surface area contributed by atoms with Crippen LogP contribution in [0.2, 0.25) is 0 Å². The van der Waals surface area contributed by atoms with E-state index in [0.29, 0.717) is 28.5 Å². The summed E-state index contributed by atoms with van der Waals surface area (Å²) < 4.78 is 42.1. The summed E-state index contributed by atoms with van der Waals surface area (Å²) in [5.41, 5.74) is 1.60. The van der Waals surface area contributed by atoms with Crippen molar-refractivity contribution >= 4 is 10.0 Å². The summed E-state index contributed by atoms with van der Waals surface area (Å²) in [6, 6.07) is 12.0. The molecule has 0 amide bonds. The van der Waals surface area contributed by atoms with Crippen LogP contribution in [0.3, 0.4) is 0 Å². The van der Waals surface area contributed by atoms with E-state index < -0.39 is 10.0 Å². The molecule has 0 fully saturated rings. The third kappa shape index (κ3) is 3.68. The molecule has 0 bridgehead atoms. The van der Waals surface area contributed by atoms with Crippen molar-refractivity contribution in [3.8, 4) is 22.6 Å². The minimum atomic E-state index is -3.77. The summed E-state index contributed by atoms with van der Waals surface area (Å²) in [6.45, 7) is 5.92. The first-order valence-corrected chi connectivity index (χ1v) is 9.51. The highest BCUT2D eigenvalue weighted by Crippen LogP contribution is 2.36. The lowest BCUT2D eigenvalue weighted by molar-refractivity contribution is 0.399. The Morgan fingerprint density at radius 3 is 2.00 bits per heavy atom. The maximum Gasteiger partial charge on any atom is 0.238 e. The molecule has 2 N–H and O–H groups in total. The highest BCUT2D eigenvalue weighted by molar-refractivity contribution is 7.89. The van der Waals surface area contributed by atoms with Crippen molar-refractivity contribution in [1.29, 1.82) is 0 Å². The quantitative estimate of drug-likeness (QED) is 0.748. The highest BCUT2D eigenvalue weighted by atomic mass is 32.2. The van der Waals surface area contributed by atoms with Crippen molar-refractivity contribution in [3.05, 3.63) is 60.2 Å². The van der Waals surface area contributed by atoms with Crippen LogP contribution in [0.15, 0.2) is 57.8 Å². The van der Waals surface area contributed by atoms with Crippen LogP contribution in [0.5, 0.6) is 0 Å². The van der Waals surface area contributed by atoms with Gasteiger partial charge in [0.05, 0.1) is 4.90 Å². The minimum Gasteiger partial charge on any atom is -0.439 e. The van der Waals surface area contributed by atoms with E-state index in [4.69, 9.17) is 9.56 Å². The van der Waals surface area contributed by atoms with E-state index in [1.807, 2.05) is 20.8 Å². The minimum absolute atomic E-state index is 0.0140. The SMILES string of the molecule is CC(C)(C)c1nc(-c2ccc(F)cc2)c(-c2ccc(S(N)(=O)=O)cc2)o1. The Morgan fingerprint density at radius 1 is 0.962 bits per heavy atom. The lowest BCUT2D eigenvalue weighted by atomic mass is 9.97. The average molecular weight is 374 g/mol. The molecule has 2 aromatic carbocycles. The summed E-state index contributed by atoms with van der Waals surface area (Å²) in [4.78, 5) is 4.61. The van der Waals surface area contributed by atoms with E-state index in [9.17, 15) is 12.8 Å². The molecule has 0 spiro atoms. The van der Waals surface area contributed by atoms with Gasteiger partial charge >= 0.3 is 0 Å². The van der Waals surface area contributed by atoms with Crippen LogP contribution < -0.4 is 5.14 Å². The maximum absolute atomic E-state index is 13.3. The Balaban J connectivity index is 2.16. The number of oxazole rings is 1. The summed E-state index contributed by atoms with van der Waals surface area (Å²) in [5, 5.41) is 5.14. The molecule has 0 atom stereocenters. The zero-order valence-electron chi connectivity index (χ0n) is 14.7. The first-order chi connectivity index (χ1) is 12.1. The molecule has 0 saturated heterocycles. The van der Waals surface area contributed by atoms with Crippen LogP contribution in [-0.2, 0) is 15.4 Å². The molecule has 26 heavy (non-hydrogen) atoms. The van der Waals surface area contributed by atoms with Gasteiger partial charge < -0.3 is 4.42 Å². The molecule has 0 aliphatic rings. The fraction of sp³-hybridized carbons (Fsp3) is 0.211. The molecule has 5 nitrogen and oxygen atoms in total. The van der Waals surface area contributed by atoms with E-state index in [2.05, 4.69) is 4.98 Å². The largest absolute Gasteiger partial charge is 0.439 e. The van der Waals surface area contributed by atoms with Gasteiger partial charge in [0.2, 0.25) is 15.9 Å². The number of halogens is 1. The molecular formula is C19H19FN2O3S. The van der Waals surface area contributed by atoms with Gasteiger partial charge in [0.25, 0.3) is 0 Å². The van der Waals surface area contributed by atoms with Crippen molar-refractivity contribution in [1.82, 2.24) is 4.98 Å². The van der Waals surface area contributed by atoms with Crippen LogP contribution in [0.4, 0.5) is 4.39 Å². The van der Waals surface area contributed by atoms with E-state index in [-0.39, 0.29) is 16.1 Å². The van der Waals surface area contributed by atoms with Gasteiger partial charge in [-0.05, 0) is 48.5 Å². The zero-order valence-corrected chi connectivity index (χ0v) is 15.5. The summed E-state index contributed by atoms with van der Waals surface area (Å²) >= 11 is 0. The average Bonchev–Trinajstić information content (AvgIpc) is 3.00. The smallest absolute Gasteiger partial charge is 0.238 e. The van der Waals surface area contributed by atoms with Gasteiger partial charge in [0, 0.05) is 16.5 Å². The zero-order chi connectivity index (χ0) is 19.1. The molecule has 7 heteroatoms. The van der Waals surface area contributed by atoms with Crippen LogP contribution in [0, 0.1) is 5.82 Å². The third-order valence-electron chi connectivity index (χ3n) is 3.83. The number of nitrogens with two attached hydrogens (primary N) is 1. The summed E-state index contributed by atoms with van der Waals surface area (Å²) in [7, 11) is -3.77. The van der Waals surface area contributed by atoms with Gasteiger partial charge in [-0.25, -0.2) is 22.9 Å². The fourth-order valence-electron chi connectivity index (χ4n) is 2.44. The first-order valence-electron chi connectivity index (χ1n) is 7.96. The van der Waals surface area contributed by atoms with Gasteiger partial charge in [-0.2, -0.15) is 0 Å². The highest BCUT2D eigenvalue weighted by Gasteiger charge is 2.25. The topological polar surface area (TPSA) is 86.2 Å². The second kappa shape index (κ2) is 6.34. The molecule has 0 saturated carbocycles. The third-order valence-corrected chi connectivity index (χ3v) is 4.76. The molecule has 0 unspecified atom stereocenters. The van der Waals surface area contributed by atoms with E-state index in [1.165, 1.54) is 24.3 Å². The molecule has 0 aliphatic heterocycles. The van der Waals surface area contributed by atoms with E-state index in [1.54, 1.807) is 24.3 Å². The molecule has 0 aliphatic carbocycles. The Kier molecular flexibility index (Phi) is 4.46. The number of aromatic nitrogens is 1.